The third kappa shape index (κ3) is 2.95. The molecule has 1 aliphatic rings. The van der Waals surface area contributed by atoms with E-state index in [0.29, 0.717) is 10.6 Å². The van der Waals surface area contributed by atoms with Crippen LogP contribution < -0.4 is 4.90 Å². The SMILES string of the molecule is CN(CC1CCCCO1)c1cccc(Cl)c1C#N. The molecule has 0 radical (unpaired) electrons. The molecule has 0 bridgehead atoms. The fourth-order valence-corrected chi connectivity index (χ4v) is 2.51. The zero-order valence-corrected chi connectivity index (χ0v) is 11.3. The summed E-state index contributed by atoms with van der Waals surface area (Å²) in [6, 6.07) is 7.71. The van der Waals surface area contributed by atoms with Gasteiger partial charge >= 0.3 is 0 Å². The van der Waals surface area contributed by atoms with Gasteiger partial charge in [0.25, 0.3) is 0 Å². The number of anilines is 1. The van der Waals surface area contributed by atoms with Crippen LogP contribution in [0.3, 0.4) is 0 Å². The Labute approximate surface area is 113 Å². The zero-order valence-electron chi connectivity index (χ0n) is 10.5. The van der Waals surface area contributed by atoms with Crippen LogP contribution in [0.15, 0.2) is 18.2 Å². The molecule has 0 aliphatic carbocycles. The summed E-state index contributed by atoms with van der Waals surface area (Å²) < 4.78 is 5.72. The van der Waals surface area contributed by atoms with E-state index in [4.69, 9.17) is 21.6 Å². The molecule has 1 aliphatic heterocycles. The van der Waals surface area contributed by atoms with Gasteiger partial charge in [0.15, 0.2) is 0 Å². The molecule has 0 amide bonds. The molecular weight excluding hydrogens is 248 g/mol. The van der Waals surface area contributed by atoms with E-state index in [1.165, 1.54) is 6.42 Å². The zero-order chi connectivity index (χ0) is 13.0. The number of hydrogen-bond acceptors (Lipinski definition) is 3. The van der Waals surface area contributed by atoms with Gasteiger partial charge in [-0.25, -0.2) is 0 Å². The topological polar surface area (TPSA) is 36.3 Å². The van der Waals surface area contributed by atoms with Gasteiger partial charge in [-0.2, -0.15) is 5.26 Å². The Morgan fingerprint density at radius 1 is 1.50 bits per heavy atom. The number of ether oxygens (including phenoxy) is 1. The molecule has 0 saturated carbocycles. The first kappa shape index (κ1) is 13.2. The van der Waals surface area contributed by atoms with Gasteiger partial charge in [-0.05, 0) is 31.4 Å². The lowest BCUT2D eigenvalue weighted by Crippen LogP contribution is -2.33. The third-order valence-electron chi connectivity index (χ3n) is 3.27. The Morgan fingerprint density at radius 3 is 3.00 bits per heavy atom. The molecule has 1 atom stereocenters. The number of nitrogens with zero attached hydrogens (tertiary/aromatic N) is 2. The van der Waals surface area contributed by atoms with Gasteiger partial charge in [0.1, 0.15) is 6.07 Å². The van der Waals surface area contributed by atoms with E-state index in [1.54, 1.807) is 6.07 Å². The van der Waals surface area contributed by atoms with Crippen molar-refractivity contribution in [2.75, 3.05) is 25.1 Å². The lowest BCUT2D eigenvalue weighted by Gasteiger charge is -2.29. The second kappa shape index (κ2) is 6.08. The maximum absolute atomic E-state index is 9.16. The van der Waals surface area contributed by atoms with Crippen molar-refractivity contribution in [2.45, 2.75) is 25.4 Å². The monoisotopic (exact) mass is 264 g/mol. The fraction of sp³-hybridized carbons (Fsp3) is 0.500. The van der Waals surface area contributed by atoms with Gasteiger partial charge in [0, 0.05) is 20.2 Å². The molecule has 1 heterocycles. The average Bonchev–Trinajstić information content (AvgIpc) is 2.39. The van der Waals surface area contributed by atoms with Crippen molar-refractivity contribution in [1.29, 1.82) is 5.26 Å². The Hall–Kier alpha value is -1.24. The van der Waals surface area contributed by atoms with Crippen molar-refractivity contribution in [1.82, 2.24) is 0 Å². The number of halogens is 1. The first-order chi connectivity index (χ1) is 8.72. The first-order valence-electron chi connectivity index (χ1n) is 6.23. The molecule has 18 heavy (non-hydrogen) atoms. The molecule has 0 N–H and O–H groups in total. The maximum Gasteiger partial charge on any atom is 0.103 e. The van der Waals surface area contributed by atoms with E-state index in [-0.39, 0.29) is 6.10 Å². The van der Waals surface area contributed by atoms with E-state index in [2.05, 4.69) is 11.0 Å². The van der Waals surface area contributed by atoms with Gasteiger partial charge in [0.2, 0.25) is 0 Å². The fourth-order valence-electron chi connectivity index (χ4n) is 2.30. The highest BCUT2D eigenvalue weighted by molar-refractivity contribution is 6.32. The molecule has 4 heteroatoms. The van der Waals surface area contributed by atoms with Gasteiger partial charge in [-0.1, -0.05) is 17.7 Å². The van der Waals surface area contributed by atoms with Gasteiger partial charge in [-0.15, -0.1) is 0 Å². The van der Waals surface area contributed by atoms with Crippen LogP contribution in [-0.2, 0) is 4.74 Å². The Bertz CT molecular complexity index is 450. The predicted octanol–water partition coefficient (Wildman–Crippen LogP) is 3.22. The van der Waals surface area contributed by atoms with Crippen LogP contribution in [0, 0.1) is 11.3 Å². The minimum absolute atomic E-state index is 0.259. The Balaban J connectivity index is 2.11. The Morgan fingerprint density at radius 2 is 2.33 bits per heavy atom. The average molecular weight is 265 g/mol. The largest absolute Gasteiger partial charge is 0.376 e. The molecule has 1 aromatic carbocycles. The molecule has 1 fully saturated rings. The lowest BCUT2D eigenvalue weighted by molar-refractivity contribution is 0.0216. The van der Waals surface area contributed by atoms with Crippen LogP contribution in [0.4, 0.5) is 5.69 Å². The molecular formula is C14H17ClN2O. The lowest BCUT2D eigenvalue weighted by atomic mass is 10.1. The number of rotatable bonds is 3. The van der Waals surface area contributed by atoms with Crippen molar-refractivity contribution >= 4 is 17.3 Å². The van der Waals surface area contributed by atoms with E-state index in [0.717, 1.165) is 31.7 Å². The summed E-state index contributed by atoms with van der Waals surface area (Å²) in [5.41, 5.74) is 1.41. The van der Waals surface area contributed by atoms with Crippen LogP contribution in [0.5, 0.6) is 0 Å². The molecule has 96 valence electrons. The van der Waals surface area contributed by atoms with E-state index in [1.807, 2.05) is 19.2 Å². The first-order valence-corrected chi connectivity index (χ1v) is 6.61. The van der Waals surface area contributed by atoms with Gasteiger partial charge in [0.05, 0.1) is 22.4 Å². The van der Waals surface area contributed by atoms with Crippen LogP contribution in [0.25, 0.3) is 0 Å². The minimum atomic E-state index is 0.259. The van der Waals surface area contributed by atoms with Crippen molar-refractivity contribution in [2.24, 2.45) is 0 Å². The Kier molecular flexibility index (Phi) is 4.46. The van der Waals surface area contributed by atoms with Crippen LogP contribution in [-0.4, -0.2) is 26.3 Å². The second-order valence-corrected chi connectivity index (χ2v) is 5.02. The molecule has 1 saturated heterocycles. The van der Waals surface area contributed by atoms with E-state index < -0.39 is 0 Å². The van der Waals surface area contributed by atoms with Gasteiger partial charge < -0.3 is 9.64 Å². The van der Waals surface area contributed by atoms with Crippen LogP contribution >= 0.6 is 11.6 Å². The highest BCUT2D eigenvalue weighted by atomic mass is 35.5. The van der Waals surface area contributed by atoms with Crippen molar-refractivity contribution in [3.8, 4) is 6.07 Å². The maximum atomic E-state index is 9.16. The molecule has 0 aromatic heterocycles. The number of nitriles is 1. The van der Waals surface area contributed by atoms with E-state index in [9.17, 15) is 0 Å². The highest BCUT2D eigenvalue weighted by Gasteiger charge is 2.18. The van der Waals surface area contributed by atoms with Crippen molar-refractivity contribution in [3.63, 3.8) is 0 Å². The second-order valence-electron chi connectivity index (χ2n) is 4.61. The molecule has 1 aromatic rings. The molecule has 1 unspecified atom stereocenters. The van der Waals surface area contributed by atoms with E-state index >= 15 is 0 Å². The number of likely N-dealkylation sites (N-methyl/N-ethyl adjacent to an activating group) is 1. The summed E-state index contributed by atoms with van der Waals surface area (Å²) in [4.78, 5) is 2.06. The summed E-state index contributed by atoms with van der Waals surface area (Å²) >= 11 is 6.04. The number of benzene rings is 1. The molecule has 0 spiro atoms. The quantitative estimate of drug-likeness (QED) is 0.841. The molecule has 2 rings (SSSR count). The third-order valence-corrected chi connectivity index (χ3v) is 3.58. The molecule has 3 nitrogen and oxygen atoms in total. The summed E-state index contributed by atoms with van der Waals surface area (Å²) in [5.74, 6) is 0. The van der Waals surface area contributed by atoms with Crippen LogP contribution in [0.1, 0.15) is 24.8 Å². The summed E-state index contributed by atoms with van der Waals surface area (Å²) in [6.07, 6.45) is 3.72. The van der Waals surface area contributed by atoms with Crippen LogP contribution in [0.2, 0.25) is 5.02 Å². The number of hydrogen-bond donors (Lipinski definition) is 0. The van der Waals surface area contributed by atoms with Gasteiger partial charge in [-0.3, -0.25) is 0 Å². The summed E-state index contributed by atoms with van der Waals surface area (Å²) in [7, 11) is 1.98. The summed E-state index contributed by atoms with van der Waals surface area (Å²) in [5, 5.41) is 9.67. The van der Waals surface area contributed by atoms with Crippen molar-refractivity contribution in [3.05, 3.63) is 28.8 Å². The minimum Gasteiger partial charge on any atom is -0.376 e. The normalized spacial score (nSPS) is 19.3. The van der Waals surface area contributed by atoms with Crippen molar-refractivity contribution < 1.29 is 4.74 Å². The highest BCUT2D eigenvalue weighted by Crippen LogP contribution is 2.27. The standard InChI is InChI=1S/C14H17ClN2O/c1-17(10-11-5-2-3-8-18-11)14-7-4-6-13(15)12(14)9-16/h4,6-7,11H,2-3,5,8,10H2,1H3. The smallest absolute Gasteiger partial charge is 0.103 e. The predicted molar refractivity (Wildman–Crippen MR) is 73.0 cm³/mol. The summed E-state index contributed by atoms with van der Waals surface area (Å²) in [6.45, 7) is 1.65.